The van der Waals surface area contributed by atoms with Gasteiger partial charge in [-0.3, -0.25) is 4.98 Å². The fraction of sp³-hybridized carbons (Fsp3) is 0.182. The van der Waals surface area contributed by atoms with Gasteiger partial charge < -0.3 is 5.73 Å². The highest BCUT2D eigenvalue weighted by molar-refractivity contribution is 5.68. The van der Waals surface area contributed by atoms with Gasteiger partial charge in [-0.05, 0) is 30.5 Å². The van der Waals surface area contributed by atoms with E-state index in [1.165, 1.54) is 0 Å². The summed E-state index contributed by atoms with van der Waals surface area (Å²) in [7, 11) is 0. The first kappa shape index (κ1) is 8.35. The number of rotatable bonds is 0. The molecule has 1 aliphatic rings. The molecule has 0 radical (unpaired) electrons. The largest absolute Gasteiger partial charge is 0.368 e. The van der Waals surface area contributed by atoms with Gasteiger partial charge in [0.15, 0.2) is 0 Å². The van der Waals surface area contributed by atoms with Gasteiger partial charge in [-0.25, -0.2) is 9.97 Å². The molecule has 0 bridgehead atoms. The predicted octanol–water partition coefficient (Wildman–Crippen LogP) is 1.22. The molecule has 2 aromatic rings. The minimum Gasteiger partial charge on any atom is -0.368 e. The number of pyridine rings is 1. The third-order valence-corrected chi connectivity index (χ3v) is 2.66. The number of fused-ring (bicyclic) bond motifs is 3. The van der Waals surface area contributed by atoms with Crippen molar-refractivity contribution in [3.8, 4) is 11.3 Å². The number of nitrogens with two attached hydrogens (primary N) is 1. The summed E-state index contributed by atoms with van der Waals surface area (Å²) < 4.78 is 0. The molecule has 0 saturated heterocycles. The maximum absolute atomic E-state index is 5.60. The van der Waals surface area contributed by atoms with Crippen molar-refractivity contribution in [2.45, 2.75) is 12.8 Å². The summed E-state index contributed by atoms with van der Waals surface area (Å²) in [5, 5.41) is 0. The van der Waals surface area contributed by atoms with Crippen molar-refractivity contribution >= 4 is 5.95 Å². The summed E-state index contributed by atoms with van der Waals surface area (Å²) in [5.41, 5.74) is 9.89. The van der Waals surface area contributed by atoms with E-state index in [9.17, 15) is 0 Å². The van der Waals surface area contributed by atoms with E-state index < -0.39 is 0 Å². The average Bonchev–Trinajstić information content (AvgIpc) is 2.29. The molecule has 0 saturated carbocycles. The van der Waals surface area contributed by atoms with Crippen LogP contribution in [0.15, 0.2) is 24.5 Å². The van der Waals surface area contributed by atoms with Gasteiger partial charge in [0.25, 0.3) is 0 Å². The number of aryl methyl sites for hydroxylation is 2. The average molecular weight is 198 g/mol. The Morgan fingerprint density at radius 1 is 1.20 bits per heavy atom. The van der Waals surface area contributed by atoms with Crippen LogP contribution < -0.4 is 5.73 Å². The van der Waals surface area contributed by atoms with Crippen molar-refractivity contribution in [2.75, 3.05) is 5.73 Å². The van der Waals surface area contributed by atoms with E-state index in [4.69, 9.17) is 5.73 Å². The molecule has 0 spiro atoms. The normalized spacial score (nSPS) is 13.1. The molecule has 0 aliphatic heterocycles. The molecule has 2 N–H and O–H groups in total. The molecule has 74 valence electrons. The van der Waals surface area contributed by atoms with E-state index in [1.807, 2.05) is 24.5 Å². The lowest BCUT2D eigenvalue weighted by Crippen LogP contribution is -2.09. The van der Waals surface area contributed by atoms with Crippen molar-refractivity contribution in [3.63, 3.8) is 0 Å². The molecular formula is C11H10N4. The number of nitrogen functional groups attached to an aromatic ring is 1. The molecule has 0 atom stereocenters. The molecule has 0 unspecified atom stereocenters. The zero-order valence-electron chi connectivity index (χ0n) is 8.14. The first-order chi connectivity index (χ1) is 7.34. The number of hydrogen-bond acceptors (Lipinski definition) is 4. The standard InChI is InChI=1S/C11H10N4/c12-11-14-6-7-3-4-9-8(10(7)15-11)2-1-5-13-9/h1-2,5-6H,3-4H2,(H2,12,14,15). The van der Waals surface area contributed by atoms with Crippen LogP contribution in [-0.4, -0.2) is 15.0 Å². The summed E-state index contributed by atoms with van der Waals surface area (Å²) >= 11 is 0. The maximum Gasteiger partial charge on any atom is 0.220 e. The molecule has 3 rings (SSSR count). The molecular weight excluding hydrogens is 188 g/mol. The van der Waals surface area contributed by atoms with Crippen LogP contribution in [0.3, 0.4) is 0 Å². The van der Waals surface area contributed by atoms with Gasteiger partial charge in [-0.2, -0.15) is 0 Å². The van der Waals surface area contributed by atoms with Crippen LogP contribution >= 0.6 is 0 Å². The van der Waals surface area contributed by atoms with Gasteiger partial charge in [-0.1, -0.05) is 0 Å². The minimum atomic E-state index is 0.324. The SMILES string of the molecule is Nc1ncc2c(n1)-c1cccnc1CC2. The van der Waals surface area contributed by atoms with E-state index in [1.54, 1.807) is 0 Å². The fourth-order valence-corrected chi connectivity index (χ4v) is 1.94. The quantitative estimate of drug-likeness (QED) is 0.691. The van der Waals surface area contributed by atoms with Gasteiger partial charge in [0.1, 0.15) is 0 Å². The second kappa shape index (κ2) is 3.02. The van der Waals surface area contributed by atoms with Crippen molar-refractivity contribution in [3.05, 3.63) is 35.8 Å². The molecule has 0 fully saturated rings. The third-order valence-electron chi connectivity index (χ3n) is 2.66. The summed E-state index contributed by atoms with van der Waals surface area (Å²) in [6.07, 6.45) is 5.53. The van der Waals surface area contributed by atoms with Crippen molar-refractivity contribution < 1.29 is 0 Å². The van der Waals surface area contributed by atoms with Crippen LogP contribution in [0.25, 0.3) is 11.3 Å². The molecule has 4 heteroatoms. The molecule has 0 amide bonds. The summed E-state index contributed by atoms with van der Waals surface area (Å²) in [6.45, 7) is 0. The Bertz CT molecular complexity index is 522. The summed E-state index contributed by atoms with van der Waals surface area (Å²) in [4.78, 5) is 12.6. The topological polar surface area (TPSA) is 64.7 Å². The fourth-order valence-electron chi connectivity index (χ4n) is 1.94. The highest BCUT2D eigenvalue weighted by atomic mass is 15.0. The van der Waals surface area contributed by atoms with Crippen molar-refractivity contribution in [1.29, 1.82) is 0 Å². The Hall–Kier alpha value is -1.97. The van der Waals surface area contributed by atoms with Crippen LogP contribution in [0.1, 0.15) is 11.3 Å². The number of anilines is 1. The molecule has 15 heavy (non-hydrogen) atoms. The Morgan fingerprint density at radius 3 is 3.07 bits per heavy atom. The zero-order valence-corrected chi connectivity index (χ0v) is 8.14. The Morgan fingerprint density at radius 2 is 2.13 bits per heavy atom. The van der Waals surface area contributed by atoms with E-state index in [0.29, 0.717) is 5.95 Å². The van der Waals surface area contributed by atoms with Crippen molar-refractivity contribution in [1.82, 2.24) is 15.0 Å². The number of nitrogens with zero attached hydrogens (tertiary/aromatic N) is 3. The highest BCUT2D eigenvalue weighted by Gasteiger charge is 2.18. The summed E-state index contributed by atoms with van der Waals surface area (Å²) in [5.74, 6) is 0.324. The second-order valence-corrected chi connectivity index (χ2v) is 3.60. The first-order valence-electron chi connectivity index (χ1n) is 4.90. The first-order valence-corrected chi connectivity index (χ1v) is 4.90. The Labute approximate surface area is 87.2 Å². The lowest BCUT2D eigenvalue weighted by molar-refractivity contribution is 0.875. The van der Waals surface area contributed by atoms with Gasteiger partial charge in [-0.15, -0.1) is 0 Å². The van der Waals surface area contributed by atoms with Crippen LogP contribution in [-0.2, 0) is 12.8 Å². The number of hydrogen-bond donors (Lipinski definition) is 1. The second-order valence-electron chi connectivity index (χ2n) is 3.60. The molecule has 0 aromatic carbocycles. The van der Waals surface area contributed by atoms with Crippen LogP contribution in [0.4, 0.5) is 5.95 Å². The van der Waals surface area contributed by atoms with Gasteiger partial charge >= 0.3 is 0 Å². The predicted molar refractivity (Wildman–Crippen MR) is 57.1 cm³/mol. The lowest BCUT2D eigenvalue weighted by atomic mass is 9.94. The van der Waals surface area contributed by atoms with Crippen molar-refractivity contribution in [2.24, 2.45) is 0 Å². The molecule has 2 aromatic heterocycles. The Balaban J connectivity index is 2.28. The molecule has 4 nitrogen and oxygen atoms in total. The van der Waals surface area contributed by atoms with Gasteiger partial charge in [0, 0.05) is 18.0 Å². The van der Waals surface area contributed by atoms with Crippen LogP contribution in [0.5, 0.6) is 0 Å². The molecule has 2 heterocycles. The number of aromatic nitrogens is 3. The highest BCUT2D eigenvalue weighted by Crippen LogP contribution is 2.30. The third kappa shape index (κ3) is 1.26. The molecule has 1 aliphatic carbocycles. The van der Waals surface area contributed by atoms with E-state index in [2.05, 4.69) is 15.0 Å². The van der Waals surface area contributed by atoms with Crippen LogP contribution in [0.2, 0.25) is 0 Å². The monoisotopic (exact) mass is 198 g/mol. The maximum atomic E-state index is 5.60. The van der Waals surface area contributed by atoms with E-state index in [-0.39, 0.29) is 0 Å². The van der Waals surface area contributed by atoms with Gasteiger partial charge in [0.05, 0.1) is 11.4 Å². The van der Waals surface area contributed by atoms with E-state index >= 15 is 0 Å². The summed E-state index contributed by atoms with van der Waals surface area (Å²) in [6, 6.07) is 3.96. The lowest BCUT2D eigenvalue weighted by Gasteiger charge is -2.16. The van der Waals surface area contributed by atoms with E-state index in [0.717, 1.165) is 35.4 Å². The smallest absolute Gasteiger partial charge is 0.220 e. The minimum absolute atomic E-state index is 0.324. The zero-order chi connectivity index (χ0) is 10.3. The Kier molecular flexibility index (Phi) is 1.68. The van der Waals surface area contributed by atoms with Crippen LogP contribution in [0, 0.1) is 0 Å². The van der Waals surface area contributed by atoms with Gasteiger partial charge in [0.2, 0.25) is 5.95 Å².